The molecule has 2 aromatic carbocycles. The summed E-state index contributed by atoms with van der Waals surface area (Å²) >= 11 is 5.97. The van der Waals surface area contributed by atoms with Gasteiger partial charge < -0.3 is 15.6 Å². The Morgan fingerprint density at radius 2 is 2.08 bits per heavy atom. The Bertz CT molecular complexity index is 890. The zero-order valence-electron chi connectivity index (χ0n) is 13.7. The molecule has 0 atom stereocenters. The van der Waals surface area contributed by atoms with Crippen molar-refractivity contribution in [1.82, 2.24) is 10.1 Å². The van der Waals surface area contributed by atoms with Gasteiger partial charge in [0.1, 0.15) is 6.54 Å². The van der Waals surface area contributed by atoms with E-state index < -0.39 is 0 Å². The van der Waals surface area contributed by atoms with Gasteiger partial charge in [0.05, 0.1) is 0 Å². The quantitative estimate of drug-likeness (QED) is 0.535. The highest BCUT2D eigenvalue weighted by Crippen LogP contribution is 2.20. The molecule has 1 aromatic heterocycles. The highest BCUT2D eigenvalue weighted by Gasteiger charge is 2.08. The number of aromatic nitrogens is 2. The lowest BCUT2D eigenvalue weighted by Crippen LogP contribution is -2.22. The van der Waals surface area contributed by atoms with Crippen LogP contribution in [0, 0.1) is 0 Å². The largest absolute Gasteiger partial charge is 0.370 e. The number of hydrogen-bond donors (Lipinski definition) is 2. The number of rotatable bonds is 5. The molecule has 0 saturated carbocycles. The van der Waals surface area contributed by atoms with E-state index in [1.165, 1.54) is 5.56 Å². The van der Waals surface area contributed by atoms with Gasteiger partial charge in [-0.1, -0.05) is 47.9 Å². The molecular formula is C18H18ClN5O. The predicted molar refractivity (Wildman–Crippen MR) is 99.5 cm³/mol. The van der Waals surface area contributed by atoms with E-state index in [1.54, 1.807) is 12.1 Å². The van der Waals surface area contributed by atoms with Crippen molar-refractivity contribution in [2.75, 3.05) is 5.32 Å². The number of halogens is 1. The minimum atomic E-state index is 0.194. The summed E-state index contributed by atoms with van der Waals surface area (Å²) in [5, 5.41) is 7.61. The lowest BCUT2D eigenvalue weighted by Gasteiger charge is -2.06. The summed E-state index contributed by atoms with van der Waals surface area (Å²) in [6, 6.07) is 15.3. The standard InChI is InChI=1S/C18H18ClN5O/c1-2-12-5-3-8-15(9-12)22-18(20)21-11-16-23-17(24-25-16)13-6-4-7-14(19)10-13/h3-10H,2,11H2,1H3,(H3,20,21,22). The topological polar surface area (TPSA) is 89.3 Å². The van der Waals surface area contributed by atoms with Crippen LogP contribution in [0.4, 0.5) is 5.69 Å². The number of aliphatic imine (C=N–C) groups is 1. The van der Waals surface area contributed by atoms with Crippen LogP contribution in [0.2, 0.25) is 5.02 Å². The first-order chi connectivity index (χ1) is 12.1. The fourth-order valence-electron chi connectivity index (χ4n) is 2.27. The molecule has 0 amide bonds. The number of guanidine groups is 1. The van der Waals surface area contributed by atoms with Crippen molar-refractivity contribution in [3.8, 4) is 11.4 Å². The molecule has 6 nitrogen and oxygen atoms in total. The van der Waals surface area contributed by atoms with Gasteiger partial charge in [0.25, 0.3) is 0 Å². The van der Waals surface area contributed by atoms with Gasteiger partial charge in [-0.25, -0.2) is 4.99 Å². The number of anilines is 1. The lowest BCUT2D eigenvalue weighted by atomic mass is 10.1. The van der Waals surface area contributed by atoms with Crippen molar-refractivity contribution < 1.29 is 4.52 Å². The smallest absolute Gasteiger partial charge is 0.248 e. The van der Waals surface area contributed by atoms with Gasteiger partial charge in [-0.2, -0.15) is 4.98 Å². The van der Waals surface area contributed by atoms with Crippen molar-refractivity contribution in [2.24, 2.45) is 10.7 Å². The first kappa shape index (κ1) is 17.0. The van der Waals surface area contributed by atoms with E-state index in [9.17, 15) is 0 Å². The first-order valence-electron chi connectivity index (χ1n) is 7.88. The van der Waals surface area contributed by atoms with Crippen LogP contribution in [0.1, 0.15) is 18.4 Å². The van der Waals surface area contributed by atoms with E-state index >= 15 is 0 Å². The summed E-state index contributed by atoms with van der Waals surface area (Å²) in [4.78, 5) is 8.53. The van der Waals surface area contributed by atoms with Gasteiger partial charge in [-0.15, -0.1) is 0 Å². The van der Waals surface area contributed by atoms with E-state index in [0.29, 0.717) is 16.7 Å². The van der Waals surface area contributed by atoms with Crippen LogP contribution in [-0.2, 0) is 13.0 Å². The molecule has 7 heteroatoms. The molecule has 0 bridgehead atoms. The SMILES string of the molecule is CCc1cccc(NC(N)=NCc2nc(-c3cccc(Cl)c3)no2)c1. The zero-order valence-corrected chi connectivity index (χ0v) is 14.5. The molecule has 0 spiro atoms. The average Bonchev–Trinajstić information content (AvgIpc) is 3.09. The van der Waals surface area contributed by atoms with Gasteiger partial charge in [0, 0.05) is 16.3 Å². The van der Waals surface area contributed by atoms with Crippen LogP contribution in [0.15, 0.2) is 58.0 Å². The zero-order chi connectivity index (χ0) is 17.6. The minimum Gasteiger partial charge on any atom is -0.370 e. The fraction of sp³-hybridized carbons (Fsp3) is 0.167. The van der Waals surface area contributed by atoms with Gasteiger partial charge in [-0.05, 0) is 36.2 Å². The molecule has 0 aliphatic carbocycles. The van der Waals surface area contributed by atoms with Crippen LogP contribution in [0.5, 0.6) is 0 Å². The Kier molecular flexibility index (Phi) is 5.30. The number of benzene rings is 2. The van der Waals surface area contributed by atoms with Crippen LogP contribution < -0.4 is 11.1 Å². The second kappa shape index (κ2) is 7.81. The van der Waals surface area contributed by atoms with E-state index in [0.717, 1.165) is 17.7 Å². The summed E-state index contributed by atoms with van der Waals surface area (Å²) < 4.78 is 5.20. The Morgan fingerprint density at radius 1 is 1.24 bits per heavy atom. The highest BCUT2D eigenvalue weighted by atomic mass is 35.5. The van der Waals surface area contributed by atoms with Crippen molar-refractivity contribution in [3.63, 3.8) is 0 Å². The second-order valence-electron chi connectivity index (χ2n) is 5.40. The maximum Gasteiger partial charge on any atom is 0.248 e. The molecule has 3 N–H and O–H groups in total. The highest BCUT2D eigenvalue weighted by molar-refractivity contribution is 6.30. The van der Waals surface area contributed by atoms with E-state index in [-0.39, 0.29) is 12.5 Å². The Hall–Kier alpha value is -2.86. The third kappa shape index (κ3) is 4.58. The summed E-state index contributed by atoms with van der Waals surface area (Å²) in [5.74, 6) is 1.13. The van der Waals surface area contributed by atoms with Gasteiger partial charge in [0.15, 0.2) is 5.96 Å². The molecule has 1 heterocycles. The summed E-state index contributed by atoms with van der Waals surface area (Å²) in [5.41, 5.74) is 8.82. The summed E-state index contributed by atoms with van der Waals surface area (Å²) in [6.07, 6.45) is 0.959. The number of hydrogen-bond acceptors (Lipinski definition) is 4. The van der Waals surface area contributed by atoms with E-state index in [4.69, 9.17) is 21.9 Å². The molecule has 0 aliphatic heterocycles. The Labute approximate surface area is 150 Å². The molecule has 3 aromatic rings. The molecule has 0 fully saturated rings. The predicted octanol–water partition coefficient (Wildman–Crippen LogP) is 3.88. The third-order valence-corrected chi connectivity index (χ3v) is 3.78. The van der Waals surface area contributed by atoms with Gasteiger partial charge in [0.2, 0.25) is 11.7 Å². The Morgan fingerprint density at radius 3 is 2.88 bits per heavy atom. The van der Waals surface area contributed by atoms with Crippen LogP contribution in [0.25, 0.3) is 11.4 Å². The maximum absolute atomic E-state index is 5.97. The number of aryl methyl sites for hydroxylation is 1. The molecule has 3 rings (SSSR count). The molecule has 0 saturated heterocycles. The Balaban J connectivity index is 1.65. The number of nitrogens with one attached hydrogen (secondary N) is 1. The number of nitrogens with two attached hydrogens (primary N) is 1. The summed E-state index contributed by atoms with van der Waals surface area (Å²) in [6.45, 7) is 2.30. The minimum absolute atomic E-state index is 0.194. The van der Waals surface area contributed by atoms with E-state index in [2.05, 4.69) is 33.4 Å². The molecule has 0 unspecified atom stereocenters. The third-order valence-electron chi connectivity index (χ3n) is 3.54. The molecule has 0 radical (unpaired) electrons. The van der Waals surface area contributed by atoms with Crippen LogP contribution >= 0.6 is 11.6 Å². The molecule has 128 valence electrons. The molecule has 0 aliphatic rings. The van der Waals surface area contributed by atoms with Crippen molar-refractivity contribution in [1.29, 1.82) is 0 Å². The lowest BCUT2D eigenvalue weighted by molar-refractivity contribution is 0.381. The van der Waals surface area contributed by atoms with Crippen molar-refractivity contribution in [2.45, 2.75) is 19.9 Å². The first-order valence-corrected chi connectivity index (χ1v) is 8.26. The van der Waals surface area contributed by atoms with E-state index in [1.807, 2.05) is 30.3 Å². The average molecular weight is 356 g/mol. The summed E-state index contributed by atoms with van der Waals surface area (Å²) in [7, 11) is 0. The van der Waals surface area contributed by atoms with Crippen molar-refractivity contribution in [3.05, 3.63) is 65.0 Å². The van der Waals surface area contributed by atoms with Crippen LogP contribution in [-0.4, -0.2) is 16.1 Å². The monoisotopic (exact) mass is 355 g/mol. The number of nitrogens with zero attached hydrogens (tertiary/aromatic N) is 3. The van der Waals surface area contributed by atoms with Crippen LogP contribution in [0.3, 0.4) is 0 Å². The van der Waals surface area contributed by atoms with Crippen molar-refractivity contribution >= 4 is 23.2 Å². The molecular weight excluding hydrogens is 338 g/mol. The van der Waals surface area contributed by atoms with Gasteiger partial charge >= 0.3 is 0 Å². The second-order valence-corrected chi connectivity index (χ2v) is 5.84. The maximum atomic E-state index is 5.97. The fourth-order valence-corrected chi connectivity index (χ4v) is 2.46. The molecule has 25 heavy (non-hydrogen) atoms. The normalized spacial score (nSPS) is 11.5. The van der Waals surface area contributed by atoms with Gasteiger partial charge in [-0.3, -0.25) is 0 Å².